The Morgan fingerprint density at radius 1 is 1.04 bits per heavy atom. The first kappa shape index (κ1) is 19.6. The molecule has 0 fully saturated rings. The summed E-state index contributed by atoms with van der Waals surface area (Å²) in [6, 6.07) is 9.04. The number of nitro benzene ring substituents is 1. The van der Waals surface area contributed by atoms with Gasteiger partial charge in [0.1, 0.15) is 0 Å². The fourth-order valence-electron chi connectivity index (χ4n) is 1.96. The molecule has 0 unspecified atom stereocenters. The summed E-state index contributed by atoms with van der Waals surface area (Å²) in [5.74, 6) is -1.49. The van der Waals surface area contributed by atoms with Crippen molar-refractivity contribution < 1.29 is 27.7 Å². The summed E-state index contributed by atoms with van der Waals surface area (Å²) in [6.45, 7) is 0. The summed E-state index contributed by atoms with van der Waals surface area (Å²) < 4.78 is 37.9. The lowest BCUT2D eigenvalue weighted by Crippen LogP contribution is -2.40. The summed E-state index contributed by atoms with van der Waals surface area (Å²) in [5, 5.41) is 10.5. The molecule has 0 saturated carbocycles. The van der Waals surface area contributed by atoms with Crippen molar-refractivity contribution in [2.45, 2.75) is 6.18 Å². The van der Waals surface area contributed by atoms with Gasteiger partial charge in [-0.05, 0) is 35.9 Å². The Balaban J connectivity index is 1.93. The van der Waals surface area contributed by atoms with Crippen molar-refractivity contribution in [2.24, 2.45) is 0 Å². The first-order valence-corrected chi connectivity index (χ1v) is 7.37. The zero-order chi connectivity index (χ0) is 20.0. The molecule has 7 nitrogen and oxygen atoms in total. The van der Waals surface area contributed by atoms with Crippen LogP contribution in [-0.2, 0) is 11.0 Å². The van der Waals surface area contributed by atoms with E-state index >= 15 is 0 Å². The van der Waals surface area contributed by atoms with E-state index in [0.29, 0.717) is 0 Å². The number of halogens is 3. The molecule has 0 spiro atoms. The third-order valence-electron chi connectivity index (χ3n) is 3.28. The van der Waals surface area contributed by atoms with Gasteiger partial charge in [-0.25, -0.2) is 0 Å². The molecule has 2 N–H and O–H groups in total. The number of hydrogen-bond donors (Lipinski definition) is 2. The van der Waals surface area contributed by atoms with Crippen LogP contribution >= 0.6 is 0 Å². The van der Waals surface area contributed by atoms with Gasteiger partial charge in [-0.3, -0.25) is 30.6 Å². The Hall–Kier alpha value is -3.69. The summed E-state index contributed by atoms with van der Waals surface area (Å²) >= 11 is 0. The molecule has 0 aliphatic carbocycles. The summed E-state index contributed by atoms with van der Waals surface area (Å²) in [6.07, 6.45) is -2.39. The number of hydrazine groups is 1. The van der Waals surface area contributed by atoms with Crippen LogP contribution in [0.25, 0.3) is 6.08 Å². The molecule has 0 aliphatic heterocycles. The van der Waals surface area contributed by atoms with E-state index in [9.17, 15) is 32.9 Å². The minimum Gasteiger partial charge on any atom is -0.268 e. The fraction of sp³-hybridized carbons (Fsp3) is 0.0588. The van der Waals surface area contributed by atoms with E-state index in [4.69, 9.17) is 0 Å². The molecule has 0 aliphatic rings. The van der Waals surface area contributed by atoms with Crippen LogP contribution in [0.2, 0.25) is 0 Å². The summed E-state index contributed by atoms with van der Waals surface area (Å²) in [4.78, 5) is 33.4. The molecule has 0 aromatic heterocycles. The van der Waals surface area contributed by atoms with E-state index in [1.807, 2.05) is 0 Å². The smallest absolute Gasteiger partial charge is 0.268 e. The standard InChI is InChI=1S/C17H12F3N3O4/c18-17(19,20)13-3-1-2-11(10-13)4-9-15(24)21-22-16(25)12-5-7-14(8-6-12)23(26)27/h1-10H,(H,21,24)(H,22,25)/b9-4+. The molecule has 2 aromatic rings. The highest BCUT2D eigenvalue weighted by Crippen LogP contribution is 2.29. The van der Waals surface area contributed by atoms with Crippen molar-refractivity contribution in [3.8, 4) is 0 Å². The number of nitro groups is 1. The first-order chi connectivity index (χ1) is 12.7. The van der Waals surface area contributed by atoms with E-state index in [-0.39, 0.29) is 16.8 Å². The van der Waals surface area contributed by atoms with Crippen LogP contribution in [0.15, 0.2) is 54.6 Å². The maximum Gasteiger partial charge on any atom is 0.416 e. The van der Waals surface area contributed by atoms with Gasteiger partial charge in [-0.15, -0.1) is 0 Å². The molecule has 2 amide bonds. The zero-order valence-corrected chi connectivity index (χ0v) is 13.5. The van der Waals surface area contributed by atoms with Gasteiger partial charge in [0.25, 0.3) is 17.5 Å². The molecule has 10 heteroatoms. The number of non-ortho nitro benzene ring substituents is 1. The van der Waals surface area contributed by atoms with Gasteiger partial charge in [0.2, 0.25) is 0 Å². The molecule has 2 rings (SSSR count). The lowest BCUT2D eigenvalue weighted by Gasteiger charge is -2.07. The molecule has 140 valence electrons. The number of nitrogens with zero attached hydrogens (tertiary/aromatic N) is 1. The van der Waals surface area contributed by atoms with Gasteiger partial charge in [0, 0.05) is 23.8 Å². The monoisotopic (exact) mass is 379 g/mol. The van der Waals surface area contributed by atoms with Crippen molar-refractivity contribution in [1.82, 2.24) is 10.9 Å². The number of hydrogen-bond acceptors (Lipinski definition) is 4. The highest BCUT2D eigenvalue weighted by atomic mass is 19.4. The normalized spacial score (nSPS) is 11.2. The van der Waals surface area contributed by atoms with E-state index in [1.54, 1.807) is 0 Å². The van der Waals surface area contributed by atoms with Crippen molar-refractivity contribution in [3.05, 3.63) is 81.4 Å². The van der Waals surface area contributed by atoms with Crippen molar-refractivity contribution in [2.75, 3.05) is 0 Å². The Labute approximate surface area is 150 Å². The lowest BCUT2D eigenvalue weighted by molar-refractivity contribution is -0.384. The van der Waals surface area contributed by atoms with Gasteiger partial charge in [-0.1, -0.05) is 12.1 Å². The Morgan fingerprint density at radius 3 is 2.30 bits per heavy atom. The van der Waals surface area contributed by atoms with Crippen LogP contribution in [0.5, 0.6) is 0 Å². The number of alkyl halides is 3. The molecule has 27 heavy (non-hydrogen) atoms. The van der Waals surface area contributed by atoms with Crippen LogP contribution in [-0.4, -0.2) is 16.7 Å². The van der Waals surface area contributed by atoms with Crippen LogP contribution in [0.3, 0.4) is 0 Å². The zero-order valence-electron chi connectivity index (χ0n) is 13.5. The third-order valence-corrected chi connectivity index (χ3v) is 3.28. The average Bonchev–Trinajstić information content (AvgIpc) is 2.64. The summed E-state index contributed by atoms with van der Waals surface area (Å²) in [5.41, 5.74) is 3.31. The maximum atomic E-state index is 12.6. The van der Waals surface area contributed by atoms with Gasteiger partial charge < -0.3 is 0 Å². The minimum absolute atomic E-state index is 0.0720. The number of amides is 2. The number of benzene rings is 2. The first-order valence-electron chi connectivity index (χ1n) is 7.37. The second kappa shape index (κ2) is 8.13. The number of nitrogens with one attached hydrogen (secondary N) is 2. The number of rotatable bonds is 4. The molecule has 0 atom stereocenters. The van der Waals surface area contributed by atoms with Crippen LogP contribution in [0.1, 0.15) is 21.5 Å². The number of carbonyl (C=O) groups excluding carboxylic acids is 2. The Morgan fingerprint density at radius 2 is 1.70 bits per heavy atom. The molecule has 0 saturated heterocycles. The van der Waals surface area contributed by atoms with Crippen molar-refractivity contribution in [1.29, 1.82) is 0 Å². The van der Waals surface area contributed by atoms with E-state index in [0.717, 1.165) is 36.4 Å². The van der Waals surface area contributed by atoms with Gasteiger partial charge in [0.05, 0.1) is 10.5 Å². The average molecular weight is 379 g/mol. The number of carbonyl (C=O) groups is 2. The predicted molar refractivity (Wildman–Crippen MR) is 89.2 cm³/mol. The Bertz CT molecular complexity index is 893. The molecular weight excluding hydrogens is 367 g/mol. The van der Waals surface area contributed by atoms with E-state index < -0.39 is 28.5 Å². The Kier molecular flexibility index (Phi) is 5.91. The molecule has 2 aromatic carbocycles. The maximum absolute atomic E-state index is 12.6. The second-order valence-electron chi connectivity index (χ2n) is 5.20. The van der Waals surface area contributed by atoms with Crippen LogP contribution in [0.4, 0.5) is 18.9 Å². The van der Waals surface area contributed by atoms with E-state index in [1.165, 1.54) is 24.3 Å². The fourth-order valence-corrected chi connectivity index (χ4v) is 1.96. The SMILES string of the molecule is O=C(/C=C/c1cccc(C(F)(F)F)c1)NNC(=O)c1ccc([N+](=O)[O-])cc1. The van der Waals surface area contributed by atoms with Crippen LogP contribution < -0.4 is 10.9 Å². The van der Waals surface area contributed by atoms with Gasteiger partial charge in [-0.2, -0.15) is 13.2 Å². The highest BCUT2D eigenvalue weighted by Gasteiger charge is 2.30. The quantitative estimate of drug-likeness (QED) is 0.484. The van der Waals surface area contributed by atoms with Gasteiger partial charge in [0.15, 0.2) is 0 Å². The molecular formula is C17H12F3N3O4. The summed E-state index contributed by atoms with van der Waals surface area (Å²) in [7, 11) is 0. The molecule has 0 radical (unpaired) electrons. The lowest BCUT2D eigenvalue weighted by atomic mass is 10.1. The predicted octanol–water partition coefficient (Wildman–Crippen LogP) is 3.09. The minimum atomic E-state index is -4.50. The second-order valence-corrected chi connectivity index (χ2v) is 5.20. The molecule has 0 heterocycles. The topological polar surface area (TPSA) is 101 Å². The third kappa shape index (κ3) is 5.66. The van der Waals surface area contributed by atoms with Gasteiger partial charge >= 0.3 is 6.18 Å². The van der Waals surface area contributed by atoms with Crippen molar-refractivity contribution in [3.63, 3.8) is 0 Å². The molecule has 0 bridgehead atoms. The largest absolute Gasteiger partial charge is 0.416 e. The van der Waals surface area contributed by atoms with Crippen LogP contribution in [0, 0.1) is 10.1 Å². The van der Waals surface area contributed by atoms with E-state index in [2.05, 4.69) is 10.9 Å². The highest BCUT2D eigenvalue weighted by molar-refractivity contribution is 5.98. The van der Waals surface area contributed by atoms with Crippen molar-refractivity contribution >= 4 is 23.6 Å².